The highest BCUT2D eigenvalue weighted by molar-refractivity contribution is 6.30. The summed E-state index contributed by atoms with van der Waals surface area (Å²) in [7, 11) is 0. The quantitative estimate of drug-likeness (QED) is 0.879. The Morgan fingerprint density at radius 2 is 2.32 bits per heavy atom. The molecular formula is C14H20ClN3O. The van der Waals surface area contributed by atoms with Crippen molar-refractivity contribution in [3.63, 3.8) is 0 Å². The summed E-state index contributed by atoms with van der Waals surface area (Å²) in [5.41, 5.74) is 12.4. The third-order valence-corrected chi connectivity index (χ3v) is 3.99. The van der Waals surface area contributed by atoms with Gasteiger partial charge in [0.15, 0.2) is 0 Å². The van der Waals surface area contributed by atoms with Crippen LogP contribution in [0.4, 0.5) is 0 Å². The van der Waals surface area contributed by atoms with Gasteiger partial charge in [-0.3, -0.25) is 9.69 Å². The number of piperidine rings is 1. The first-order valence-corrected chi connectivity index (χ1v) is 6.98. The van der Waals surface area contributed by atoms with Crippen LogP contribution in [0.3, 0.4) is 0 Å². The lowest BCUT2D eigenvalue weighted by atomic mass is 9.94. The molecule has 1 aliphatic rings. The number of halogens is 1. The van der Waals surface area contributed by atoms with Crippen molar-refractivity contribution in [2.45, 2.75) is 18.9 Å². The Morgan fingerprint density at radius 1 is 1.53 bits per heavy atom. The molecule has 19 heavy (non-hydrogen) atoms. The van der Waals surface area contributed by atoms with E-state index in [0.29, 0.717) is 18.1 Å². The first kappa shape index (κ1) is 14.3. The largest absolute Gasteiger partial charge is 0.369 e. The molecule has 2 unspecified atom stereocenters. The molecule has 2 rings (SSSR count). The van der Waals surface area contributed by atoms with Crippen LogP contribution in [0.1, 0.15) is 24.4 Å². The van der Waals surface area contributed by atoms with Crippen molar-refractivity contribution in [1.29, 1.82) is 0 Å². The summed E-state index contributed by atoms with van der Waals surface area (Å²) in [5.74, 6) is -0.284. The molecule has 104 valence electrons. The number of nitrogens with zero attached hydrogens (tertiary/aromatic N) is 1. The molecule has 0 bridgehead atoms. The zero-order valence-corrected chi connectivity index (χ0v) is 11.6. The maximum absolute atomic E-state index is 11.3. The topological polar surface area (TPSA) is 72.3 Å². The van der Waals surface area contributed by atoms with E-state index in [1.165, 1.54) is 0 Å². The molecule has 1 aliphatic heterocycles. The molecule has 1 amide bonds. The summed E-state index contributed by atoms with van der Waals surface area (Å²) in [6, 6.07) is 7.84. The fourth-order valence-corrected chi connectivity index (χ4v) is 2.93. The van der Waals surface area contributed by atoms with Crippen LogP contribution in [0.5, 0.6) is 0 Å². The lowest BCUT2D eigenvalue weighted by Gasteiger charge is -2.37. The van der Waals surface area contributed by atoms with Crippen molar-refractivity contribution < 1.29 is 4.79 Å². The second-order valence-corrected chi connectivity index (χ2v) is 5.48. The highest BCUT2D eigenvalue weighted by Gasteiger charge is 2.28. The van der Waals surface area contributed by atoms with Gasteiger partial charge in [-0.2, -0.15) is 0 Å². The van der Waals surface area contributed by atoms with E-state index in [2.05, 4.69) is 4.90 Å². The van der Waals surface area contributed by atoms with E-state index < -0.39 is 0 Å². The summed E-state index contributed by atoms with van der Waals surface area (Å²) in [6.07, 6.45) is 1.85. The van der Waals surface area contributed by atoms with Crippen LogP contribution >= 0.6 is 11.6 Å². The van der Waals surface area contributed by atoms with Crippen molar-refractivity contribution >= 4 is 17.5 Å². The smallest absolute Gasteiger partial charge is 0.221 e. The average molecular weight is 282 g/mol. The predicted octanol–water partition coefficient (Wildman–Crippen LogP) is 1.54. The molecule has 0 saturated carbocycles. The van der Waals surface area contributed by atoms with E-state index in [1.807, 2.05) is 24.3 Å². The molecule has 4 nitrogen and oxygen atoms in total. The van der Waals surface area contributed by atoms with Gasteiger partial charge in [0.25, 0.3) is 0 Å². The van der Waals surface area contributed by atoms with Crippen molar-refractivity contribution in [3.8, 4) is 0 Å². The molecule has 4 N–H and O–H groups in total. The monoisotopic (exact) mass is 281 g/mol. The SMILES string of the molecule is NCC(c1cccc(Cl)c1)N1CCCC(C(N)=O)C1. The maximum atomic E-state index is 11.3. The third-order valence-electron chi connectivity index (χ3n) is 3.75. The second-order valence-electron chi connectivity index (χ2n) is 5.04. The fraction of sp³-hybridized carbons (Fsp3) is 0.500. The van der Waals surface area contributed by atoms with E-state index in [-0.39, 0.29) is 17.9 Å². The molecule has 0 aromatic heterocycles. The van der Waals surface area contributed by atoms with Crippen LogP contribution in [0.2, 0.25) is 5.02 Å². The number of benzene rings is 1. The number of carbonyl (C=O) groups is 1. The van der Waals surface area contributed by atoms with E-state index in [9.17, 15) is 4.79 Å². The Balaban J connectivity index is 2.15. The Labute approximate surface area is 118 Å². The van der Waals surface area contributed by atoms with Gasteiger partial charge in [0.1, 0.15) is 0 Å². The predicted molar refractivity (Wildman–Crippen MR) is 76.7 cm³/mol. The van der Waals surface area contributed by atoms with Gasteiger partial charge in [0, 0.05) is 24.2 Å². The number of nitrogens with two attached hydrogens (primary N) is 2. The lowest BCUT2D eigenvalue weighted by Crippen LogP contribution is -2.44. The van der Waals surface area contributed by atoms with E-state index in [0.717, 1.165) is 24.9 Å². The Kier molecular flexibility index (Phi) is 4.80. The summed E-state index contributed by atoms with van der Waals surface area (Å²) in [5, 5.41) is 0.708. The van der Waals surface area contributed by atoms with Gasteiger partial charge in [-0.25, -0.2) is 0 Å². The van der Waals surface area contributed by atoms with Crippen LogP contribution in [0.15, 0.2) is 24.3 Å². The number of carbonyl (C=O) groups excluding carboxylic acids is 1. The Bertz CT molecular complexity index is 452. The molecule has 1 saturated heterocycles. The molecule has 2 atom stereocenters. The molecule has 5 heteroatoms. The minimum absolute atomic E-state index is 0.0676. The number of hydrogen-bond acceptors (Lipinski definition) is 3. The lowest BCUT2D eigenvalue weighted by molar-refractivity contribution is -0.123. The van der Waals surface area contributed by atoms with Crippen LogP contribution in [-0.4, -0.2) is 30.4 Å². The van der Waals surface area contributed by atoms with Gasteiger partial charge < -0.3 is 11.5 Å². The highest BCUT2D eigenvalue weighted by Crippen LogP contribution is 2.27. The molecule has 1 aromatic carbocycles. The van der Waals surface area contributed by atoms with Gasteiger partial charge in [-0.1, -0.05) is 23.7 Å². The second kappa shape index (κ2) is 6.37. The minimum atomic E-state index is -0.216. The maximum Gasteiger partial charge on any atom is 0.221 e. The summed E-state index contributed by atoms with van der Waals surface area (Å²) >= 11 is 6.03. The van der Waals surface area contributed by atoms with Crippen molar-refractivity contribution in [2.75, 3.05) is 19.6 Å². The summed E-state index contributed by atoms with van der Waals surface area (Å²) in [6.45, 7) is 2.13. The van der Waals surface area contributed by atoms with Crippen LogP contribution in [-0.2, 0) is 4.79 Å². The fourth-order valence-electron chi connectivity index (χ4n) is 2.73. The van der Waals surface area contributed by atoms with Crippen LogP contribution in [0, 0.1) is 5.92 Å². The molecule has 1 heterocycles. The molecule has 1 aromatic rings. The number of hydrogen-bond donors (Lipinski definition) is 2. The first-order chi connectivity index (χ1) is 9.11. The molecule has 0 radical (unpaired) electrons. The highest BCUT2D eigenvalue weighted by atomic mass is 35.5. The van der Waals surface area contributed by atoms with Gasteiger partial charge >= 0.3 is 0 Å². The van der Waals surface area contributed by atoms with E-state index in [1.54, 1.807) is 0 Å². The van der Waals surface area contributed by atoms with E-state index in [4.69, 9.17) is 23.1 Å². The zero-order valence-electron chi connectivity index (χ0n) is 10.9. The standard InChI is InChI=1S/C14H20ClN3O/c15-12-5-1-3-10(7-12)13(8-16)18-6-2-4-11(9-18)14(17)19/h1,3,5,7,11,13H,2,4,6,8-9,16H2,(H2,17,19). The number of likely N-dealkylation sites (tertiary alicyclic amines) is 1. The number of primary amides is 1. The summed E-state index contributed by atoms with van der Waals surface area (Å²) in [4.78, 5) is 13.6. The van der Waals surface area contributed by atoms with E-state index >= 15 is 0 Å². The Morgan fingerprint density at radius 3 is 2.95 bits per heavy atom. The van der Waals surface area contributed by atoms with Crippen molar-refractivity contribution in [1.82, 2.24) is 4.90 Å². The van der Waals surface area contributed by atoms with Gasteiger partial charge in [-0.15, -0.1) is 0 Å². The normalized spacial score (nSPS) is 22.1. The number of rotatable bonds is 4. The Hall–Kier alpha value is -1.10. The number of amides is 1. The molecule has 0 spiro atoms. The van der Waals surface area contributed by atoms with Crippen molar-refractivity contribution in [3.05, 3.63) is 34.9 Å². The van der Waals surface area contributed by atoms with Crippen LogP contribution in [0.25, 0.3) is 0 Å². The summed E-state index contributed by atoms with van der Waals surface area (Å²) < 4.78 is 0. The van der Waals surface area contributed by atoms with Crippen LogP contribution < -0.4 is 11.5 Å². The molecular weight excluding hydrogens is 262 g/mol. The van der Waals surface area contributed by atoms with Gasteiger partial charge in [0.2, 0.25) is 5.91 Å². The molecule has 0 aliphatic carbocycles. The first-order valence-electron chi connectivity index (χ1n) is 6.60. The van der Waals surface area contributed by atoms with Gasteiger partial charge in [-0.05, 0) is 37.1 Å². The minimum Gasteiger partial charge on any atom is -0.369 e. The average Bonchev–Trinajstić information content (AvgIpc) is 2.40. The molecule has 1 fully saturated rings. The third kappa shape index (κ3) is 3.47. The van der Waals surface area contributed by atoms with Gasteiger partial charge in [0.05, 0.1) is 5.92 Å². The zero-order chi connectivity index (χ0) is 13.8. The van der Waals surface area contributed by atoms with Crippen molar-refractivity contribution in [2.24, 2.45) is 17.4 Å².